The number of carbonyl (C=O) groups is 2. The van der Waals surface area contributed by atoms with Crippen LogP contribution in [0.1, 0.15) is 13.8 Å². The molecule has 0 saturated heterocycles. The van der Waals surface area contributed by atoms with E-state index in [4.69, 9.17) is 9.47 Å². The second kappa shape index (κ2) is 7.50. The highest BCUT2D eigenvalue weighted by molar-refractivity contribution is 7.08. The van der Waals surface area contributed by atoms with Crippen molar-refractivity contribution in [3.8, 4) is 0 Å². The number of anilines is 1. The van der Waals surface area contributed by atoms with E-state index in [1.54, 1.807) is 13.8 Å². The Balaban J connectivity index is 2.78. The maximum absolute atomic E-state index is 11.6. The number of hydrogen-bond donors (Lipinski definition) is 1. The molecule has 1 rings (SSSR count). The Morgan fingerprint density at radius 1 is 1.28 bits per heavy atom. The van der Waals surface area contributed by atoms with E-state index in [1.807, 2.05) is 16.8 Å². The Kier molecular flexibility index (Phi) is 5.93. The lowest BCUT2D eigenvalue weighted by atomic mass is 10.3. The van der Waals surface area contributed by atoms with Crippen molar-refractivity contribution in [1.82, 2.24) is 0 Å². The molecule has 5 nitrogen and oxygen atoms in total. The number of thiophene rings is 1. The molecule has 0 radical (unpaired) electrons. The van der Waals surface area contributed by atoms with Crippen LogP contribution in [0.3, 0.4) is 0 Å². The number of ether oxygens (including phenoxy) is 2. The maximum atomic E-state index is 11.6. The normalized spacial score (nSPS) is 9.44. The van der Waals surface area contributed by atoms with Gasteiger partial charge in [-0.05, 0) is 25.3 Å². The Bertz CT molecular complexity index is 405. The Labute approximate surface area is 109 Å². The van der Waals surface area contributed by atoms with Crippen LogP contribution in [0.15, 0.2) is 28.6 Å². The molecule has 0 aromatic carbocycles. The summed E-state index contributed by atoms with van der Waals surface area (Å²) < 4.78 is 9.59. The van der Waals surface area contributed by atoms with Gasteiger partial charge >= 0.3 is 11.9 Å². The van der Waals surface area contributed by atoms with Crippen LogP contribution < -0.4 is 5.32 Å². The van der Waals surface area contributed by atoms with Gasteiger partial charge in [0.15, 0.2) is 5.57 Å². The summed E-state index contributed by atoms with van der Waals surface area (Å²) >= 11 is 1.50. The van der Waals surface area contributed by atoms with Gasteiger partial charge in [-0.25, -0.2) is 9.59 Å². The number of esters is 2. The first kappa shape index (κ1) is 14.2. The van der Waals surface area contributed by atoms with E-state index >= 15 is 0 Å². The van der Waals surface area contributed by atoms with Crippen molar-refractivity contribution in [3.63, 3.8) is 0 Å². The molecular weight excluding hydrogens is 254 g/mol. The fraction of sp³-hybridized carbons (Fsp3) is 0.333. The summed E-state index contributed by atoms with van der Waals surface area (Å²) in [6, 6.07) is 1.83. The smallest absolute Gasteiger partial charge is 0.347 e. The maximum Gasteiger partial charge on any atom is 0.347 e. The Hall–Kier alpha value is -1.82. The molecule has 0 bridgehead atoms. The van der Waals surface area contributed by atoms with Crippen molar-refractivity contribution in [2.75, 3.05) is 18.5 Å². The molecule has 0 unspecified atom stereocenters. The fourth-order valence-corrected chi connectivity index (χ4v) is 1.72. The van der Waals surface area contributed by atoms with Crippen LogP contribution in [0, 0.1) is 0 Å². The van der Waals surface area contributed by atoms with Gasteiger partial charge in [0.05, 0.1) is 13.2 Å². The van der Waals surface area contributed by atoms with Gasteiger partial charge in [0.1, 0.15) is 0 Å². The minimum Gasteiger partial charge on any atom is -0.462 e. The molecule has 0 amide bonds. The molecule has 1 heterocycles. The standard InChI is InChI=1S/C12H15NO4S/c1-3-16-11(14)10(12(15)17-4-2)7-13-9-5-6-18-8-9/h5-8,13H,3-4H2,1-2H3. The van der Waals surface area contributed by atoms with Crippen LogP contribution >= 0.6 is 11.3 Å². The zero-order valence-corrected chi connectivity index (χ0v) is 11.1. The molecule has 0 saturated carbocycles. The molecule has 98 valence electrons. The van der Waals surface area contributed by atoms with Crippen LogP contribution in [-0.2, 0) is 19.1 Å². The highest BCUT2D eigenvalue weighted by atomic mass is 32.1. The zero-order valence-electron chi connectivity index (χ0n) is 10.3. The molecule has 1 N–H and O–H groups in total. The van der Waals surface area contributed by atoms with Crippen molar-refractivity contribution in [2.45, 2.75) is 13.8 Å². The predicted molar refractivity (Wildman–Crippen MR) is 69.3 cm³/mol. The van der Waals surface area contributed by atoms with E-state index in [1.165, 1.54) is 17.5 Å². The van der Waals surface area contributed by atoms with E-state index in [0.29, 0.717) is 0 Å². The molecular formula is C12H15NO4S. The van der Waals surface area contributed by atoms with Crippen LogP contribution in [0.5, 0.6) is 0 Å². The molecule has 0 aliphatic carbocycles. The molecule has 0 spiro atoms. The largest absolute Gasteiger partial charge is 0.462 e. The fourth-order valence-electron chi connectivity index (χ4n) is 1.12. The van der Waals surface area contributed by atoms with Crippen molar-refractivity contribution >= 4 is 29.0 Å². The van der Waals surface area contributed by atoms with E-state index in [0.717, 1.165) is 5.69 Å². The van der Waals surface area contributed by atoms with Crippen LogP contribution in [-0.4, -0.2) is 25.2 Å². The lowest BCUT2D eigenvalue weighted by molar-refractivity contribution is -0.146. The van der Waals surface area contributed by atoms with Gasteiger partial charge < -0.3 is 14.8 Å². The first-order valence-electron chi connectivity index (χ1n) is 5.52. The predicted octanol–water partition coefficient (Wildman–Crippen LogP) is 2.17. The third-order valence-electron chi connectivity index (χ3n) is 1.90. The SMILES string of the molecule is CCOC(=O)C(=CNc1ccsc1)C(=O)OCC. The van der Waals surface area contributed by atoms with Gasteiger partial charge in [-0.1, -0.05) is 0 Å². The summed E-state index contributed by atoms with van der Waals surface area (Å²) in [6.07, 6.45) is 1.30. The second-order valence-electron chi connectivity index (χ2n) is 3.16. The Morgan fingerprint density at radius 3 is 2.33 bits per heavy atom. The number of nitrogens with one attached hydrogen (secondary N) is 1. The molecule has 1 aromatic rings. The lowest BCUT2D eigenvalue weighted by Crippen LogP contribution is -2.19. The van der Waals surface area contributed by atoms with Gasteiger partial charge in [-0.15, -0.1) is 0 Å². The van der Waals surface area contributed by atoms with Gasteiger partial charge in [0, 0.05) is 17.3 Å². The average molecular weight is 269 g/mol. The molecule has 1 aromatic heterocycles. The van der Waals surface area contributed by atoms with E-state index in [9.17, 15) is 9.59 Å². The van der Waals surface area contributed by atoms with Gasteiger partial charge in [-0.3, -0.25) is 0 Å². The lowest BCUT2D eigenvalue weighted by Gasteiger charge is -2.06. The average Bonchev–Trinajstić information content (AvgIpc) is 2.83. The minimum atomic E-state index is -0.696. The molecule has 18 heavy (non-hydrogen) atoms. The number of hydrogen-bond acceptors (Lipinski definition) is 6. The summed E-state index contributed by atoms with van der Waals surface area (Å²) in [5, 5.41) is 6.58. The van der Waals surface area contributed by atoms with Gasteiger partial charge in [0.2, 0.25) is 0 Å². The molecule has 6 heteroatoms. The zero-order chi connectivity index (χ0) is 13.4. The first-order chi connectivity index (χ1) is 8.69. The van der Waals surface area contributed by atoms with Crippen molar-refractivity contribution in [3.05, 3.63) is 28.6 Å². The van der Waals surface area contributed by atoms with Crippen molar-refractivity contribution < 1.29 is 19.1 Å². The van der Waals surface area contributed by atoms with Crippen LogP contribution in [0.2, 0.25) is 0 Å². The highest BCUT2D eigenvalue weighted by Gasteiger charge is 2.20. The summed E-state index contributed by atoms with van der Waals surface area (Å²) in [5.41, 5.74) is 0.649. The van der Waals surface area contributed by atoms with Gasteiger partial charge in [0.25, 0.3) is 0 Å². The van der Waals surface area contributed by atoms with Gasteiger partial charge in [-0.2, -0.15) is 11.3 Å². The third kappa shape index (κ3) is 4.21. The number of carbonyl (C=O) groups excluding carboxylic acids is 2. The summed E-state index contributed by atoms with van der Waals surface area (Å²) in [6.45, 7) is 3.75. The molecule has 0 aliphatic rings. The van der Waals surface area contributed by atoms with E-state index < -0.39 is 11.9 Å². The summed E-state index contributed by atoms with van der Waals surface area (Å²) in [4.78, 5) is 23.2. The minimum absolute atomic E-state index is 0.148. The molecule has 0 fully saturated rings. The van der Waals surface area contributed by atoms with Crippen molar-refractivity contribution in [2.24, 2.45) is 0 Å². The number of rotatable bonds is 6. The van der Waals surface area contributed by atoms with Crippen LogP contribution in [0.25, 0.3) is 0 Å². The summed E-state index contributed by atoms with van der Waals surface area (Å²) in [5.74, 6) is -1.39. The first-order valence-corrected chi connectivity index (χ1v) is 6.46. The quantitative estimate of drug-likeness (QED) is 0.371. The topological polar surface area (TPSA) is 64.6 Å². The molecule has 0 aliphatic heterocycles. The second-order valence-corrected chi connectivity index (χ2v) is 3.94. The third-order valence-corrected chi connectivity index (χ3v) is 2.58. The highest BCUT2D eigenvalue weighted by Crippen LogP contribution is 2.13. The summed E-state index contributed by atoms with van der Waals surface area (Å²) in [7, 11) is 0. The van der Waals surface area contributed by atoms with Crippen molar-refractivity contribution in [1.29, 1.82) is 0 Å². The Morgan fingerprint density at radius 2 is 1.89 bits per heavy atom. The van der Waals surface area contributed by atoms with E-state index in [2.05, 4.69) is 5.32 Å². The molecule has 0 atom stereocenters. The monoisotopic (exact) mass is 269 g/mol. The van der Waals surface area contributed by atoms with Crippen LogP contribution in [0.4, 0.5) is 5.69 Å². The van der Waals surface area contributed by atoms with E-state index in [-0.39, 0.29) is 18.8 Å².